The molecule has 3 atom stereocenters. The number of hydrogen-bond acceptors (Lipinski definition) is 6. The minimum Gasteiger partial charge on any atom is -0.487 e. The van der Waals surface area contributed by atoms with Crippen LogP contribution in [0.5, 0.6) is 0 Å². The molecule has 7 nitrogen and oxygen atoms in total. The molecule has 2 fully saturated rings. The molecule has 2 aliphatic heterocycles. The van der Waals surface area contributed by atoms with Gasteiger partial charge in [0.15, 0.2) is 5.76 Å². The normalized spacial score (nSPS) is 26.7. The van der Waals surface area contributed by atoms with E-state index in [1.54, 1.807) is 13.2 Å². The number of anilines is 1. The molecule has 1 saturated carbocycles. The highest BCUT2D eigenvalue weighted by Crippen LogP contribution is 2.47. The van der Waals surface area contributed by atoms with E-state index in [0.717, 1.165) is 47.6 Å². The predicted molar refractivity (Wildman–Crippen MR) is 99.5 cm³/mol. The second-order valence-corrected chi connectivity index (χ2v) is 7.27. The highest BCUT2D eigenvalue weighted by atomic mass is 16.5. The van der Waals surface area contributed by atoms with Crippen molar-refractivity contribution in [3.63, 3.8) is 0 Å². The van der Waals surface area contributed by atoms with Crippen molar-refractivity contribution in [1.29, 1.82) is 5.41 Å². The summed E-state index contributed by atoms with van der Waals surface area (Å²) >= 11 is 0. The second kappa shape index (κ2) is 6.30. The lowest BCUT2D eigenvalue weighted by atomic mass is 10.0. The highest BCUT2D eigenvalue weighted by Gasteiger charge is 2.52. The Labute approximate surface area is 153 Å². The number of ether oxygens (including phenoxy) is 1. The van der Waals surface area contributed by atoms with E-state index in [1.165, 1.54) is 6.21 Å². The van der Waals surface area contributed by atoms with Gasteiger partial charge < -0.3 is 25.7 Å². The number of nitrogens with zero attached hydrogens (tertiary/aromatic N) is 2. The molecule has 3 aliphatic rings. The monoisotopic (exact) mass is 355 g/mol. The van der Waals surface area contributed by atoms with Gasteiger partial charge >= 0.3 is 0 Å². The van der Waals surface area contributed by atoms with Gasteiger partial charge in [0, 0.05) is 38.2 Å². The van der Waals surface area contributed by atoms with Crippen molar-refractivity contribution < 1.29 is 9.53 Å². The zero-order valence-electron chi connectivity index (χ0n) is 15.4. The summed E-state index contributed by atoms with van der Waals surface area (Å²) in [5, 5.41) is 13.3. The van der Waals surface area contributed by atoms with Crippen LogP contribution in [0.15, 0.2) is 12.0 Å². The number of aromatic nitrogens is 1. The molecule has 3 heterocycles. The van der Waals surface area contributed by atoms with Gasteiger partial charge in [-0.25, -0.2) is 4.98 Å². The summed E-state index contributed by atoms with van der Waals surface area (Å²) in [6, 6.07) is 0.434. The number of carbonyl (C=O) groups excluding carboxylic acids is 1. The Kier molecular flexibility index (Phi) is 4.09. The first-order chi connectivity index (χ1) is 12.5. The van der Waals surface area contributed by atoms with Crippen LogP contribution in [0, 0.1) is 25.2 Å². The molecule has 1 saturated heterocycles. The Balaban J connectivity index is 1.54. The van der Waals surface area contributed by atoms with Crippen LogP contribution in [0.25, 0.3) is 0 Å². The van der Waals surface area contributed by atoms with E-state index >= 15 is 0 Å². The van der Waals surface area contributed by atoms with Gasteiger partial charge in [0.2, 0.25) is 0 Å². The van der Waals surface area contributed by atoms with Gasteiger partial charge in [-0.2, -0.15) is 0 Å². The zero-order valence-corrected chi connectivity index (χ0v) is 15.4. The lowest BCUT2D eigenvalue weighted by Gasteiger charge is -2.34. The van der Waals surface area contributed by atoms with Gasteiger partial charge in [0.25, 0.3) is 5.91 Å². The minimum absolute atomic E-state index is 0.00782. The molecule has 138 valence electrons. The van der Waals surface area contributed by atoms with E-state index in [2.05, 4.69) is 22.5 Å². The van der Waals surface area contributed by atoms with Crippen molar-refractivity contribution >= 4 is 17.9 Å². The number of fused-ring (bicyclic) bond motifs is 2. The van der Waals surface area contributed by atoms with Crippen LogP contribution in [0.3, 0.4) is 0 Å². The smallest absolute Gasteiger partial charge is 0.253 e. The SMILES string of the molecule is CN/C=C(\C=N)OC1CCN(c2nc3c(c(C)c2C)C(=O)NC3)C2CC12. The van der Waals surface area contributed by atoms with Crippen molar-refractivity contribution in [2.75, 3.05) is 18.5 Å². The molecular weight excluding hydrogens is 330 g/mol. The summed E-state index contributed by atoms with van der Waals surface area (Å²) in [6.45, 7) is 5.48. The molecule has 3 unspecified atom stereocenters. The van der Waals surface area contributed by atoms with Crippen molar-refractivity contribution in [3.8, 4) is 0 Å². The van der Waals surface area contributed by atoms with Crippen LogP contribution < -0.4 is 15.5 Å². The standard InChI is InChI=1S/C19H25N5O2/c1-10-11(2)18(23-14-9-22-19(25)17(10)14)24-5-4-16(13-6-15(13)24)26-12(7-20)8-21-3/h7-8,13,15-16,20-21H,4-6,9H2,1-3H3,(H,22,25)/b12-8+,20-7?. The van der Waals surface area contributed by atoms with E-state index < -0.39 is 0 Å². The summed E-state index contributed by atoms with van der Waals surface area (Å²) in [5.74, 6) is 2.05. The van der Waals surface area contributed by atoms with Gasteiger partial charge in [-0.1, -0.05) is 0 Å². The molecule has 1 aromatic rings. The molecule has 1 aromatic heterocycles. The number of rotatable bonds is 5. The summed E-state index contributed by atoms with van der Waals surface area (Å²) < 4.78 is 6.01. The van der Waals surface area contributed by atoms with Crippen molar-refractivity contribution in [2.24, 2.45) is 5.92 Å². The van der Waals surface area contributed by atoms with Gasteiger partial charge in [-0.15, -0.1) is 0 Å². The summed E-state index contributed by atoms with van der Waals surface area (Å²) in [6.07, 6.45) is 5.11. The number of amides is 1. The third-order valence-electron chi connectivity index (χ3n) is 5.77. The van der Waals surface area contributed by atoms with Gasteiger partial charge in [-0.3, -0.25) is 4.79 Å². The minimum atomic E-state index is -0.00782. The molecule has 0 radical (unpaired) electrons. The van der Waals surface area contributed by atoms with Gasteiger partial charge in [0.1, 0.15) is 11.9 Å². The van der Waals surface area contributed by atoms with Gasteiger partial charge in [0.05, 0.1) is 24.0 Å². The first kappa shape index (κ1) is 16.9. The largest absolute Gasteiger partial charge is 0.487 e. The maximum atomic E-state index is 12.0. The molecule has 0 aromatic carbocycles. The third-order valence-corrected chi connectivity index (χ3v) is 5.77. The molecular formula is C19H25N5O2. The molecule has 0 bridgehead atoms. The Bertz CT molecular complexity index is 804. The Morgan fingerprint density at radius 2 is 2.23 bits per heavy atom. The quantitative estimate of drug-likeness (QED) is 0.552. The number of carbonyl (C=O) groups is 1. The average Bonchev–Trinajstić information content (AvgIpc) is 3.35. The molecule has 1 aliphatic carbocycles. The van der Waals surface area contributed by atoms with Crippen LogP contribution >= 0.6 is 0 Å². The van der Waals surface area contributed by atoms with Crippen LogP contribution in [-0.4, -0.2) is 42.8 Å². The fourth-order valence-electron chi connectivity index (χ4n) is 4.24. The van der Waals surface area contributed by atoms with Crippen molar-refractivity contribution in [2.45, 2.75) is 45.4 Å². The molecule has 0 spiro atoms. The Morgan fingerprint density at radius 1 is 1.42 bits per heavy atom. The van der Waals surface area contributed by atoms with Crippen LogP contribution in [-0.2, 0) is 11.3 Å². The predicted octanol–water partition coefficient (Wildman–Crippen LogP) is 1.64. The van der Waals surface area contributed by atoms with Crippen molar-refractivity contribution in [1.82, 2.24) is 15.6 Å². The molecule has 4 rings (SSSR count). The number of pyridine rings is 1. The van der Waals surface area contributed by atoms with Gasteiger partial charge in [-0.05, 0) is 31.4 Å². The number of allylic oxidation sites excluding steroid dienone is 1. The first-order valence-electron chi connectivity index (χ1n) is 9.14. The number of piperidine rings is 1. The Hall–Kier alpha value is -2.57. The first-order valence-corrected chi connectivity index (χ1v) is 9.14. The maximum Gasteiger partial charge on any atom is 0.253 e. The number of nitrogens with one attached hydrogen (secondary N) is 3. The second-order valence-electron chi connectivity index (χ2n) is 7.27. The van der Waals surface area contributed by atoms with E-state index in [0.29, 0.717) is 24.3 Å². The Morgan fingerprint density at radius 3 is 2.96 bits per heavy atom. The fourth-order valence-corrected chi connectivity index (χ4v) is 4.24. The molecule has 3 N–H and O–H groups in total. The van der Waals surface area contributed by atoms with E-state index in [9.17, 15) is 4.79 Å². The van der Waals surface area contributed by atoms with Crippen molar-refractivity contribution in [3.05, 3.63) is 34.3 Å². The molecule has 7 heteroatoms. The average molecular weight is 355 g/mol. The van der Waals surface area contributed by atoms with Crippen LogP contribution in [0.1, 0.15) is 40.0 Å². The highest BCUT2D eigenvalue weighted by molar-refractivity contribution is 5.99. The fraction of sp³-hybridized carbons (Fsp3) is 0.526. The van der Waals surface area contributed by atoms with E-state index in [-0.39, 0.29) is 12.0 Å². The summed E-state index contributed by atoms with van der Waals surface area (Å²) in [5.41, 5.74) is 3.76. The summed E-state index contributed by atoms with van der Waals surface area (Å²) in [4.78, 5) is 19.2. The maximum absolute atomic E-state index is 12.0. The van der Waals surface area contributed by atoms with E-state index in [1.807, 2.05) is 6.92 Å². The van der Waals surface area contributed by atoms with Crippen LogP contribution in [0.4, 0.5) is 5.82 Å². The zero-order chi connectivity index (χ0) is 18.4. The molecule has 1 amide bonds. The van der Waals surface area contributed by atoms with Crippen LogP contribution in [0.2, 0.25) is 0 Å². The van der Waals surface area contributed by atoms with E-state index in [4.69, 9.17) is 15.1 Å². The molecule has 26 heavy (non-hydrogen) atoms. The lowest BCUT2D eigenvalue weighted by Crippen LogP contribution is -2.39. The number of hydrogen-bond donors (Lipinski definition) is 3. The topological polar surface area (TPSA) is 90.3 Å². The summed E-state index contributed by atoms with van der Waals surface area (Å²) in [7, 11) is 1.81. The lowest BCUT2D eigenvalue weighted by molar-refractivity contribution is 0.0930. The third kappa shape index (κ3) is 2.62.